The van der Waals surface area contributed by atoms with E-state index in [1.165, 1.54) is 11.8 Å². The highest BCUT2D eigenvalue weighted by molar-refractivity contribution is 8.02. The van der Waals surface area contributed by atoms with Crippen LogP contribution in [-0.2, 0) is 21.1 Å². The van der Waals surface area contributed by atoms with E-state index in [0.29, 0.717) is 25.1 Å². The summed E-state index contributed by atoms with van der Waals surface area (Å²) in [6.45, 7) is 0.538. The number of hydrogen-bond acceptors (Lipinski definition) is 5. The average Bonchev–Trinajstić information content (AvgIpc) is 2.96. The van der Waals surface area contributed by atoms with Gasteiger partial charge in [0.2, 0.25) is 5.91 Å². The maximum Gasteiger partial charge on any atom is 0.230 e. The molecule has 0 bridgehead atoms. The zero-order valence-corrected chi connectivity index (χ0v) is 12.1. The molecule has 0 radical (unpaired) electrons. The van der Waals surface area contributed by atoms with Crippen molar-refractivity contribution in [1.82, 2.24) is 15.3 Å². The molecule has 2 N–H and O–H groups in total. The SMILES string of the molecule is O=C(CSC1CCS(=O)(=O)C1)NCCc1ncc[nH]1. The second kappa shape index (κ2) is 6.42. The highest BCUT2D eigenvalue weighted by atomic mass is 32.2. The lowest BCUT2D eigenvalue weighted by molar-refractivity contribution is -0.118. The number of nitrogens with zero attached hydrogens (tertiary/aromatic N) is 1. The molecule has 1 aliphatic heterocycles. The van der Waals surface area contributed by atoms with Crippen molar-refractivity contribution in [2.24, 2.45) is 0 Å². The lowest BCUT2D eigenvalue weighted by Crippen LogP contribution is -2.28. The molecule has 8 heteroatoms. The molecule has 0 aromatic carbocycles. The van der Waals surface area contributed by atoms with Gasteiger partial charge in [0.15, 0.2) is 9.84 Å². The van der Waals surface area contributed by atoms with E-state index in [9.17, 15) is 13.2 Å². The molecular weight excluding hydrogens is 286 g/mol. The Balaban J connectivity index is 1.60. The van der Waals surface area contributed by atoms with Crippen LogP contribution in [0.25, 0.3) is 0 Å². The first-order valence-corrected chi connectivity index (χ1v) is 8.99. The van der Waals surface area contributed by atoms with Gasteiger partial charge in [-0.05, 0) is 6.42 Å². The molecule has 19 heavy (non-hydrogen) atoms. The smallest absolute Gasteiger partial charge is 0.230 e. The number of aromatic amines is 1. The Hall–Kier alpha value is -1.02. The van der Waals surface area contributed by atoms with Crippen molar-refractivity contribution >= 4 is 27.5 Å². The average molecular weight is 303 g/mol. The highest BCUT2D eigenvalue weighted by Crippen LogP contribution is 2.23. The molecule has 1 aromatic rings. The first-order chi connectivity index (χ1) is 9.05. The largest absolute Gasteiger partial charge is 0.355 e. The molecule has 1 aromatic heterocycles. The van der Waals surface area contributed by atoms with Gasteiger partial charge < -0.3 is 10.3 Å². The lowest BCUT2D eigenvalue weighted by atomic mass is 10.4. The summed E-state index contributed by atoms with van der Waals surface area (Å²) in [5, 5.41) is 2.87. The molecule has 0 aliphatic carbocycles. The molecule has 6 nitrogen and oxygen atoms in total. The fraction of sp³-hybridized carbons (Fsp3) is 0.636. The molecule has 1 fully saturated rings. The number of sulfone groups is 1. The summed E-state index contributed by atoms with van der Waals surface area (Å²) >= 11 is 1.43. The molecule has 0 spiro atoms. The molecule has 0 saturated carbocycles. The third-order valence-electron chi connectivity index (χ3n) is 2.88. The maximum atomic E-state index is 11.6. The Bertz CT molecular complexity index is 513. The third kappa shape index (κ3) is 4.87. The molecule has 2 heterocycles. The van der Waals surface area contributed by atoms with Crippen molar-refractivity contribution in [2.75, 3.05) is 23.8 Å². The van der Waals surface area contributed by atoms with Gasteiger partial charge in [-0.25, -0.2) is 13.4 Å². The second-order valence-corrected chi connectivity index (χ2v) is 7.99. The van der Waals surface area contributed by atoms with Crippen molar-refractivity contribution in [3.05, 3.63) is 18.2 Å². The number of H-pyrrole nitrogens is 1. The Labute approximate surface area is 116 Å². The van der Waals surface area contributed by atoms with Crippen LogP contribution in [0.2, 0.25) is 0 Å². The topological polar surface area (TPSA) is 91.9 Å². The monoisotopic (exact) mass is 303 g/mol. The summed E-state index contributed by atoms with van der Waals surface area (Å²) < 4.78 is 22.5. The Morgan fingerprint density at radius 2 is 2.42 bits per heavy atom. The Morgan fingerprint density at radius 1 is 1.58 bits per heavy atom. The van der Waals surface area contributed by atoms with Crippen LogP contribution >= 0.6 is 11.8 Å². The number of carbonyl (C=O) groups is 1. The van der Waals surface area contributed by atoms with E-state index in [4.69, 9.17) is 0 Å². The van der Waals surface area contributed by atoms with E-state index in [2.05, 4.69) is 15.3 Å². The number of imidazole rings is 1. The Kier molecular flexibility index (Phi) is 4.87. The lowest BCUT2D eigenvalue weighted by Gasteiger charge is -2.07. The highest BCUT2D eigenvalue weighted by Gasteiger charge is 2.28. The molecular formula is C11H17N3O3S2. The van der Waals surface area contributed by atoms with Crippen LogP contribution in [0.5, 0.6) is 0 Å². The minimum atomic E-state index is -2.85. The minimum Gasteiger partial charge on any atom is -0.355 e. The van der Waals surface area contributed by atoms with Gasteiger partial charge in [-0.15, -0.1) is 11.8 Å². The molecule has 1 unspecified atom stereocenters. The molecule has 106 valence electrons. The van der Waals surface area contributed by atoms with Crippen LogP contribution in [0, 0.1) is 0 Å². The van der Waals surface area contributed by atoms with Gasteiger partial charge in [0, 0.05) is 30.6 Å². The number of amides is 1. The van der Waals surface area contributed by atoms with Gasteiger partial charge in [-0.2, -0.15) is 0 Å². The second-order valence-electron chi connectivity index (χ2n) is 4.47. The molecule has 1 saturated heterocycles. The number of hydrogen-bond donors (Lipinski definition) is 2. The van der Waals surface area contributed by atoms with Crippen LogP contribution < -0.4 is 5.32 Å². The summed E-state index contributed by atoms with van der Waals surface area (Å²) in [5.41, 5.74) is 0. The molecule has 1 atom stereocenters. The van der Waals surface area contributed by atoms with Gasteiger partial charge in [-0.3, -0.25) is 4.79 Å². The van der Waals surface area contributed by atoms with Crippen LogP contribution in [-0.4, -0.2) is 53.3 Å². The number of aromatic nitrogens is 2. The summed E-state index contributed by atoms with van der Waals surface area (Å²) in [6, 6.07) is 0. The normalized spacial score (nSPS) is 21.4. The van der Waals surface area contributed by atoms with Crippen molar-refractivity contribution < 1.29 is 13.2 Å². The first kappa shape index (κ1) is 14.4. The van der Waals surface area contributed by atoms with Crippen molar-refractivity contribution in [1.29, 1.82) is 0 Å². The van der Waals surface area contributed by atoms with Gasteiger partial charge in [0.1, 0.15) is 5.82 Å². The van der Waals surface area contributed by atoms with Crippen molar-refractivity contribution in [2.45, 2.75) is 18.1 Å². The molecule has 1 aliphatic rings. The van der Waals surface area contributed by atoms with Gasteiger partial charge in [-0.1, -0.05) is 0 Å². The minimum absolute atomic E-state index is 0.0548. The number of thioether (sulfide) groups is 1. The number of nitrogens with one attached hydrogen (secondary N) is 2. The predicted octanol–water partition coefficient (Wildman–Crippen LogP) is -0.0113. The summed E-state index contributed by atoms with van der Waals surface area (Å²) in [5.74, 6) is 1.57. The zero-order chi connectivity index (χ0) is 13.7. The van der Waals surface area contributed by atoms with Crippen LogP contribution in [0.1, 0.15) is 12.2 Å². The van der Waals surface area contributed by atoms with E-state index in [1.807, 2.05) is 0 Å². The third-order valence-corrected chi connectivity index (χ3v) is 6.16. The van der Waals surface area contributed by atoms with E-state index >= 15 is 0 Å². The van der Waals surface area contributed by atoms with Crippen LogP contribution in [0.4, 0.5) is 0 Å². The van der Waals surface area contributed by atoms with E-state index in [-0.39, 0.29) is 22.7 Å². The van der Waals surface area contributed by atoms with Crippen LogP contribution in [0.15, 0.2) is 12.4 Å². The standard InChI is InChI=1S/C11H17N3O3S2/c15-11(14-3-1-10-12-4-5-13-10)7-18-9-2-6-19(16,17)8-9/h4-5,9H,1-3,6-8H2,(H,12,13)(H,14,15). The van der Waals surface area contributed by atoms with Gasteiger partial charge in [0.25, 0.3) is 0 Å². The number of carbonyl (C=O) groups excluding carboxylic acids is 1. The fourth-order valence-corrected chi connectivity index (χ4v) is 5.37. The van der Waals surface area contributed by atoms with E-state index < -0.39 is 9.84 Å². The predicted molar refractivity (Wildman–Crippen MR) is 74.8 cm³/mol. The maximum absolute atomic E-state index is 11.6. The van der Waals surface area contributed by atoms with E-state index in [1.54, 1.807) is 12.4 Å². The quantitative estimate of drug-likeness (QED) is 0.771. The van der Waals surface area contributed by atoms with Crippen molar-refractivity contribution in [3.63, 3.8) is 0 Å². The first-order valence-electron chi connectivity index (χ1n) is 6.12. The van der Waals surface area contributed by atoms with E-state index in [0.717, 1.165) is 5.82 Å². The Morgan fingerprint density at radius 3 is 3.05 bits per heavy atom. The molecule has 1 amide bonds. The van der Waals surface area contributed by atoms with Crippen LogP contribution in [0.3, 0.4) is 0 Å². The number of rotatable bonds is 6. The van der Waals surface area contributed by atoms with Gasteiger partial charge in [0.05, 0.1) is 17.3 Å². The van der Waals surface area contributed by atoms with Gasteiger partial charge >= 0.3 is 0 Å². The fourth-order valence-electron chi connectivity index (χ4n) is 1.89. The summed E-state index contributed by atoms with van der Waals surface area (Å²) in [4.78, 5) is 18.6. The summed E-state index contributed by atoms with van der Waals surface area (Å²) in [7, 11) is -2.85. The molecule has 2 rings (SSSR count). The zero-order valence-electron chi connectivity index (χ0n) is 10.5. The van der Waals surface area contributed by atoms with Crippen molar-refractivity contribution in [3.8, 4) is 0 Å². The summed E-state index contributed by atoms with van der Waals surface area (Å²) in [6.07, 6.45) is 4.75.